The molecule has 0 amide bonds. The highest BCUT2D eigenvalue weighted by molar-refractivity contribution is 7.59. The van der Waals surface area contributed by atoms with Crippen LogP contribution in [0.25, 0.3) is 0 Å². The van der Waals surface area contributed by atoms with Gasteiger partial charge in [-0.25, -0.2) is 0 Å². The van der Waals surface area contributed by atoms with Gasteiger partial charge in [0.15, 0.2) is 6.29 Å². The Hall–Kier alpha value is -0.0300. The Bertz CT molecular complexity index is 220. The smallest absolute Gasteiger partial charge is 0.312 e. The van der Waals surface area contributed by atoms with Crippen molar-refractivity contribution in [2.75, 3.05) is 26.0 Å². The predicted molar refractivity (Wildman–Crippen MR) is 57.1 cm³/mol. The van der Waals surface area contributed by atoms with Gasteiger partial charge in [0.05, 0.1) is 12.8 Å². The van der Waals surface area contributed by atoms with E-state index in [9.17, 15) is 13.3 Å². The molecule has 0 aliphatic carbocycles. The van der Waals surface area contributed by atoms with Crippen LogP contribution in [0.1, 0.15) is 20.8 Å². The summed E-state index contributed by atoms with van der Waals surface area (Å²) in [4.78, 5) is 0. The Balaban J connectivity index is 4.50. The molecule has 98 valence electrons. The lowest BCUT2D eigenvalue weighted by Gasteiger charge is -2.22. The second-order valence-corrected chi connectivity index (χ2v) is 5.41. The fourth-order valence-electron chi connectivity index (χ4n) is 1.14. The number of ether oxygens (including phenoxy) is 2. The lowest BCUT2D eigenvalue weighted by Crippen LogP contribution is -2.24. The Labute approximate surface area is 94.7 Å². The number of alkyl halides is 2. The van der Waals surface area contributed by atoms with E-state index in [1.165, 1.54) is 6.92 Å². The standard InChI is InChI=1S/C9H19F2O4P/c1-4-13-8(14-5-2)7-16(12,9(10)11)15-6-3/h8-9H,4-7H2,1-3H3. The van der Waals surface area contributed by atoms with E-state index in [0.29, 0.717) is 13.2 Å². The first-order chi connectivity index (χ1) is 7.50. The normalized spacial score (nSPS) is 15.7. The topological polar surface area (TPSA) is 44.8 Å². The van der Waals surface area contributed by atoms with Gasteiger partial charge in [-0.1, -0.05) is 0 Å². The minimum atomic E-state index is -3.99. The Morgan fingerprint density at radius 3 is 1.88 bits per heavy atom. The van der Waals surface area contributed by atoms with Crippen molar-refractivity contribution in [3.05, 3.63) is 0 Å². The van der Waals surface area contributed by atoms with Gasteiger partial charge in [-0.2, -0.15) is 8.78 Å². The lowest BCUT2D eigenvalue weighted by atomic mass is 10.7. The third-order valence-electron chi connectivity index (χ3n) is 1.75. The number of halogens is 2. The monoisotopic (exact) mass is 260 g/mol. The predicted octanol–water partition coefficient (Wildman–Crippen LogP) is 2.92. The summed E-state index contributed by atoms with van der Waals surface area (Å²) in [5, 5.41) is 0. The fraction of sp³-hybridized carbons (Fsp3) is 1.00. The van der Waals surface area contributed by atoms with Crippen LogP contribution >= 0.6 is 7.37 Å². The van der Waals surface area contributed by atoms with Crippen molar-refractivity contribution in [1.82, 2.24) is 0 Å². The molecule has 0 radical (unpaired) electrons. The first-order valence-corrected chi connectivity index (χ1v) is 7.12. The molecule has 0 aliphatic rings. The molecule has 0 aromatic carbocycles. The van der Waals surface area contributed by atoms with E-state index in [-0.39, 0.29) is 6.61 Å². The summed E-state index contributed by atoms with van der Waals surface area (Å²) in [6, 6.07) is 0. The minimum absolute atomic E-state index is 0.0212. The molecule has 0 fully saturated rings. The molecule has 16 heavy (non-hydrogen) atoms. The summed E-state index contributed by atoms with van der Waals surface area (Å²) in [6.45, 7) is 5.53. The second kappa shape index (κ2) is 8.12. The minimum Gasteiger partial charge on any atom is -0.352 e. The van der Waals surface area contributed by atoms with Gasteiger partial charge in [-0.15, -0.1) is 0 Å². The SMILES string of the molecule is CCOC(CP(=O)(OCC)C(F)F)OCC. The van der Waals surface area contributed by atoms with E-state index in [1.807, 2.05) is 0 Å². The van der Waals surface area contributed by atoms with Crippen molar-refractivity contribution in [2.45, 2.75) is 33.2 Å². The second-order valence-electron chi connectivity index (χ2n) is 2.94. The number of hydrogen-bond donors (Lipinski definition) is 0. The van der Waals surface area contributed by atoms with Crippen molar-refractivity contribution in [1.29, 1.82) is 0 Å². The molecule has 1 atom stereocenters. The maximum Gasteiger partial charge on any atom is 0.312 e. The first-order valence-electron chi connectivity index (χ1n) is 5.24. The Morgan fingerprint density at radius 2 is 1.56 bits per heavy atom. The molecule has 0 aromatic heterocycles. The Morgan fingerprint density at radius 1 is 1.06 bits per heavy atom. The molecule has 0 N–H and O–H groups in total. The van der Waals surface area contributed by atoms with Gasteiger partial charge in [-0.3, -0.25) is 4.57 Å². The van der Waals surface area contributed by atoms with E-state index in [1.54, 1.807) is 13.8 Å². The Kier molecular flexibility index (Phi) is 8.10. The van der Waals surface area contributed by atoms with Gasteiger partial charge in [-0.05, 0) is 20.8 Å². The van der Waals surface area contributed by atoms with Crippen LogP contribution in [0.4, 0.5) is 8.78 Å². The lowest BCUT2D eigenvalue weighted by molar-refractivity contribution is -0.122. The molecule has 0 rings (SSSR count). The summed E-state index contributed by atoms with van der Waals surface area (Å²) in [5.41, 5.74) is 0. The van der Waals surface area contributed by atoms with Gasteiger partial charge in [0, 0.05) is 13.2 Å². The molecule has 1 unspecified atom stereocenters. The third kappa shape index (κ3) is 5.34. The van der Waals surface area contributed by atoms with E-state index < -0.39 is 26.0 Å². The zero-order valence-corrected chi connectivity index (χ0v) is 10.7. The molecular weight excluding hydrogens is 241 g/mol. The van der Waals surface area contributed by atoms with Crippen LogP contribution in [0, 0.1) is 0 Å². The molecule has 0 aromatic rings. The maximum atomic E-state index is 12.6. The summed E-state index contributed by atoms with van der Waals surface area (Å²) in [6.07, 6.45) is -4.32. The molecule has 4 nitrogen and oxygen atoms in total. The molecule has 7 heteroatoms. The fourth-order valence-corrected chi connectivity index (χ4v) is 2.58. The quantitative estimate of drug-likeness (QED) is 0.472. The summed E-state index contributed by atoms with van der Waals surface area (Å²) in [7, 11) is -3.99. The van der Waals surface area contributed by atoms with Crippen molar-refractivity contribution in [3.8, 4) is 0 Å². The van der Waals surface area contributed by atoms with Gasteiger partial charge >= 0.3 is 6.17 Å². The molecule has 0 bridgehead atoms. The third-order valence-corrected chi connectivity index (χ3v) is 3.85. The van der Waals surface area contributed by atoms with E-state index >= 15 is 0 Å². The molecule has 0 saturated heterocycles. The highest BCUT2D eigenvalue weighted by Gasteiger charge is 2.37. The van der Waals surface area contributed by atoms with Crippen molar-refractivity contribution in [2.24, 2.45) is 0 Å². The van der Waals surface area contributed by atoms with E-state index in [0.717, 1.165) is 0 Å². The van der Waals surface area contributed by atoms with Crippen LogP contribution < -0.4 is 0 Å². The number of hydrogen-bond acceptors (Lipinski definition) is 4. The van der Waals surface area contributed by atoms with Crippen LogP contribution in [-0.4, -0.2) is 38.4 Å². The summed E-state index contributed by atoms with van der Waals surface area (Å²) >= 11 is 0. The van der Waals surface area contributed by atoms with Crippen LogP contribution in [0.15, 0.2) is 0 Å². The average molecular weight is 260 g/mol. The zero-order valence-electron chi connectivity index (χ0n) is 9.82. The van der Waals surface area contributed by atoms with Gasteiger partial charge < -0.3 is 14.0 Å². The van der Waals surface area contributed by atoms with E-state index in [4.69, 9.17) is 9.47 Å². The van der Waals surface area contributed by atoms with E-state index in [2.05, 4.69) is 4.52 Å². The van der Waals surface area contributed by atoms with Crippen molar-refractivity contribution in [3.63, 3.8) is 0 Å². The first kappa shape index (κ1) is 16.0. The van der Waals surface area contributed by atoms with Crippen LogP contribution in [-0.2, 0) is 18.6 Å². The summed E-state index contributed by atoms with van der Waals surface area (Å²) in [5.74, 6) is 0. The van der Waals surface area contributed by atoms with Crippen molar-refractivity contribution >= 4 is 7.37 Å². The molecule has 0 aliphatic heterocycles. The van der Waals surface area contributed by atoms with Gasteiger partial charge in [0.25, 0.3) is 7.37 Å². The maximum absolute atomic E-state index is 12.6. The summed E-state index contributed by atoms with van der Waals surface area (Å²) < 4.78 is 51.8. The highest BCUT2D eigenvalue weighted by Crippen LogP contribution is 2.53. The van der Waals surface area contributed by atoms with Crippen molar-refractivity contribution < 1.29 is 27.3 Å². The molecule has 0 spiro atoms. The molecule has 0 saturated carbocycles. The van der Waals surface area contributed by atoms with Crippen LogP contribution in [0.3, 0.4) is 0 Å². The van der Waals surface area contributed by atoms with Gasteiger partial charge in [0.1, 0.15) is 0 Å². The average Bonchev–Trinajstić information content (AvgIpc) is 2.18. The van der Waals surface area contributed by atoms with Gasteiger partial charge in [0.2, 0.25) is 0 Å². The zero-order chi connectivity index (χ0) is 12.6. The number of rotatable bonds is 9. The highest BCUT2D eigenvalue weighted by atomic mass is 31.2. The van der Waals surface area contributed by atoms with Crippen LogP contribution in [0.2, 0.25) is 0 Å². The van der Waals surface area contributed by atoms with Crippen LogP contribution in [0.5, 0.6) is 0 Å². The molecular formula is C9H19F2O4P. The molecule has 0 heterocycles. The largest absolute Gasteiger partial charge is 0.352 e.